The number of aromatic hydroxyl groups is 1. The molecular formula is C29H27N5O7S. The van der Waals surface area contributed by atoms with Crippen molar-refractivity contribution < 1.29 is 29.4 Å². The summed E-state index contributed by atoms with van der Waals surface area (Å²) in [6, 6.07) is 8.61. The van der Waals surface area contributed by atoms with Gasteiger partial charge in [-0.25, -0.2) is 4.79 Å². The Bertz CT molecular complexity index is 1640. The Labute approximate surface area is 243 Å². The molecule has 0 unspecified atom stereocenters. The Kier molecular flexibility index (Phi) is 7.61. The van der Waals surface area contributed by atoms with Crippen LogP contribution in [0.4, 0.5) is 0 Å². The highest BCUT2D eigenvalue weighted by Crippen LogP contribution is 2.50. The van der Waals surface area contributed by atoms with E-state index in [9.17, 15) is 34.2 Å². The van der Waals surface area contributed by atoms with E-state index < -0.39 is 57.5 Å². The van der Waals surface area contributed by atoms with Gasteiger partial charge in [-0.2, -0.15) is 0 Å². The number of aliphatic carboxylic acids is 1. The molecular weight excluding hydrogens is 562 g/mol. The van der Waals surface area contributed by atoms with Gasteiger partial charge in [0.15, 0.2) is 0 Å². The van der Waals surface area contributed by atoms with Gasteiger partial charge >= 0.3 is 5.97 Å². The Morgan fingerprint density at radius 2 is 1.74 bits per heavy atom. The molecule has 5 rings (SSSR count). The molecule has 0 saturated carbocycles. The SMILES string of the molecule is CC1(C)S[C@@H]2[C@H](NC(=O)[C@@H](NC(=O)c3ccc(/C=C/c4ccncc4)[nH]c3=O)c3ccc(O)cc3)C(=O)N2[C@H]1C(=O)O. The molecule has 2 aliphatic rings. The maximum atomic E-state index is 13.5. The van der Waals surface area contributed by atoms with Crippen molar-refractivity contribution in [1.29, 1.82) is 0 Å². The minimum atomic E-state index is -1.33. The average molecular weight is 590 g/mol. The van der Waals surface area contributed by atoms with Crippen LogP contribution < -0.4 is 16.2 Å². The number of phenolic OH excluding ortho intramolecular Hbond substituents is 1. The van der Waals surface area contributed by atoms with Gasteiger partial charge in [-0.3, -0.25) is 24.2 Å². The number of H-pyrrole nitrogens is 1. The van der Waals surface area contributed by atoms with Gasteiger partial charge in [-0.15, -0.1) is 11.8 Å². The molecule has 0 bridgehead atoms. The normalized spacial score (nSPS) is 21.3. The first-order valence-corrected chi connectivity index (χ1v) is 13.8. The molecule has 5 N–H and O–H groups in total. The molecule has 0 radical (unpaired) electrons. The fourth-order valence-electron chi connectivity index (χ4n) is 4.98. The largest absolute Gasteiger partial charge is 0.508 e. The van der Waals surface area contributed by atoms with Crippen LogP contribution >= 0.6 is 11.8 Å². The van der Waals surface area contributed by atoms with Crippen molar-refractivity contribution in [3.63, 3.8) is 0 Å². The molecule has 42 heavy (non-hydrogen) atoms. The predicted octanol–water partition coefficient (Wildman–Crippen LogP) is 1.75. The summed E-state index contributed by atoms with van der Waals surface area (Å²) in [5.41, 5.74) is 0.685. The molecule has 12 nitrogen and oxygen atoms in total. The van der Waals surface area contributed by atoms with Crippen molar-refractivity contribution in [2.24, 2.45) is 0 Å². The lowest BCUT2D eigenvalue weighted by Crippen LogP contribution is -2.71. The number of rotatable bonds is 8. The van der Waals surface area contributed by atoms with Crippen molar-refractivity contribution in [2.45, 2.75) is 42.1 Å². The molecule has 13 heteroatoms. The zero-order chi connectivity index (χ0) is 30.2. The minimum absolute atomic E-state index is 0.0646. The third-order valence-corrected chi connectivity index (χ3v) is 8.65. The molecule has 4 heterocycles. The van der Waals surface area contributed by atoms with Crippen LogP contribution in [-0.4, -0.2) is 71.0 Å². The molecule has 2 aliphatic heterocycles. The number of thioether (sulfide) groups is 1. The highest BCUT2D eigenvalue weighted by atomic mass is 32.2. The maximum Gasteiger partial charge on any atom is 0.327 e. The minimum Gasteiger partial charge on any atom is -0.508 e. The van der Waals surface area contributed by atoms with Crippen LogP contribution in [-0.2, 0) is 14.4 Å². The van der Waals surface area contributed by atoms with Crippen LogP contribution in [0.1, 0.15) is 47.1 Å². The monoisotopic (exact) mass is 589 g/mol. The number of nitrogens with one attached hydrogen (secondary N) is 3. The maximum absolute atomic E-state index is 13.5. The van der Waals surface area contributed by atoms with Gasteiger partial charge in [-0.05, 0) is 67.4 Å². The van der Waals surface area contributed by atoms with E-state index in [0.717, 1.165) is 5.56 Å². The van der Waals surface area contributed by atoms with E-state index in [-0.39, 0.29) is 11.3 Å². The van der Waals surface area contributed by atoms with E-state index >= 15 is 0 Å². The Hall–Kier alpha value is -4.91. The van der Waals surface area contributed by atoms with E-state index in [1.54, 1.807) is 56.6 Å². The number of β-lactam (4-membered cyclic amide) rings is 1. The second kappa shape index (κ2) is 11.2. The second-order valence-corrected chi connectivity index (χ2v) is 12.1. The molecule has 3 aromatic rings. The number of fused-ring (bicyclic) bond motifs is 1. The molecule has 0 aliphatic carbocycles. The first-order chi connectivity index (χ1) is 20.0. The van der Waals surface area contributed by atoms with Crippen molar-refractivity contribution in [1.82, 2.24) is 25.5 Å². The Morgan fingerprint density at radius 3 is 2.38 bits per heavy atom. The van der Waals surface area contributed by atoms with Gasteiger partial charge in [0, 0.05) is 22.8 Å². The van der Waals surface area contributed by atoms with E-state index in [1.165, 1.54) is 47.0 Å². The molecule has 3 amide bonds. The number of carboxylic acids is 1. The van der Waals surface area contributed by atoms with Gasteiger partial charge in [0.25, 0.3) is 11.5 Å². The number of amides is 3. The van der Waals surface area contributed by atoms with E-state index in [1.807, 2.05) is 0 Å². The fourth-order valence-corrected chi connectivity index (χ4v) is 6.61. The highest BCUT2D eigenvalue weighted by molar-refractivity contribution is 8.01. The number of carbonyl (C=O) groups is 4. The highest BCUT2D eigenvalue weighted by Gasteiger charge is 2.64. The van der Waals surface area contributed by atoms with Crippen molar-refractivity contribution in [3.8, 4) is 5.75 Å². The lowest BCUT2D eigenvalue weighted by atomic mass is 9.95. The Balaban J connectivity index is 1.34. The summed E-state index contributed by atoms with van der Waals surface area (Å²) in [6.45, 7) is 3.44. The molecule has 2 fully saturated rings. The lowest BCUT2D eigenvalue weighted by Gasteiger charge is -2.44. The number of carboxylic acid groups (broad SMARTS) is 1. The number of nitrogens with zero attached hydrogens (tertiary/aromatic N) is 2. The number of pyridine rings is 2. The fraction of sp³-hybridized carbons (Fsp3) is 0.241. The summed E-state index contributed by atoms with van der Waals surface area (Å²) in [6.07, 6.45) is 6.70. The van der Waals surface area contributed by atoms with E-state index in [2.05, 4.69) is 20.6 Å². The summed E-state index contributed by atoms with van der Waals surface area (Å²) in [7, 11) is 0. The van der Waals surface area contributed by atoms with Crippen molar-refractivity contribution in [2.75, 3.05) is 0 Å². The second-order valence-electron chi connectivity index (χ2n) is 10.4. The quantitative estimate of drug-likeness (QED) is 0.245. The first-order valence-electron chi connectivity index (χ1n) is 12.9. The molecule has 2 saturated heterocycles. The van der Waals surface area contributed by atoms with Crippen LogP contribution in [0.3, 0.4) is 0 Å². The first kappa shape index (κ1) is 28.6. The Morgan fingerprint density at radius 1 is 1.05 bits per heavy atom. The van der Waals surface area contributed by atoms with Crippen LogP contribution in [0.2, 0.25) is 0 Å². The van der Waals surface area contributed by atoms with Gasteiger partial charge in [-0.1, -0.05) is 18.2 Å². The van der Waals surface area contributed by atoms with E-state index in [4.69, 9.17) is 0 Å². The summed E-state index contributed by atoms with van der Waals surface area (Å²) in [5, 5.41) is 24.0. The summed E-state index contributed by atoms with van der Waals surface area (Å²) in [4.78, 5) is 72.0. The summed E-state index contributed by atoms with van der Waals surface area (Å²) in [5.74, 6) is -3.31. The smallest absolute Gasteiger partial charge is 0.327 e. The number of aromatic nitrogens is 2. The third kappa shape index (κ3) is 5.50. The van der Waals surface area contributed by atoms with Crippen LogP contribution in [0.15, 0.2) is 65.7 Å². The standard InChI is InChI=1S/C29H27N5O7S/c1-29(2)22(28(40)41)34-26(39)21(27(34)42-29)33-25(38)20(16-4-8-18(35)9-5-16)32-24(37)19-10-7-17(31-23(19)36)6-3-15-11-13-30-14-12-15/h3-14,20-22,27,35H,1-2H3,(H,31,36)(H,32,37)(H,33,38)(H,40,41)/b6-3+/t20-,21+,22-,27+/m0/s1. The molecule has 216 valence electrons. The molecule has 0 spiro atoms. The number of hydrogen-bond donors (Lipinski definition) is 5. The molecule has 1 aromatic carbocycles. The van der Waals surface area contributed by atoms with Gasteiger partial charge in [0.2, 0.25) is 11.8 Å². The van der Waals surface area contributed by atoms with Crippen molar-refractivity contribution in [3.05, 3.63) is 93.7 Å². The van der Waals surface area contributed by atoms with Crippen LogP contribution in [0.5, 0.6) is 5.75 Å². The summed E-state index contributed by atoms with van der Waals surface area (Å²) < 4.78 is -0.781. The molecule has 2 aromatic heterocycles. The molecule has 4 atom stereocenters. The number of carbonyl (C=O) groups excluding carboxylic acids is 3. The topological polar surface area (TPSA) is 182 Å². The van der Waals surface area contributed by atoms with Gasteiger partial charge in [0.05, 0.1) is 0 Å². The summed E-state index contributed by atoms with van der Waals surface area (Å²) >= 11 is 1.27. The lowest BCUT2D eigenvalue weighted by molar-refractivity contribution is -0.161. The van der Waals surface area contributed by atoms with E-state index in [0.29, 0.717) is 11.3 Å². The van der Waals surface area contributed by atoms with Crippen LogP contribution in [0.25, 0.3) is 12.2 Å². The van der Waals surface area contributed by atoms with Crippen molar-refractivity contribution >= 4 is 47.6 Å². The van der Waals surface area contributed by atoms with Gasteiger partial charge < -0.3 is 30.7 Å². The number of benzene rings is 1. The van der Waals surface area contributed by atoms with Crippen LogP contribution in [0, 0.1) is 0 Å². The zero-order valence-electron chi connectivity index (χ0n) is 22.5. The predicted molar refractivity (Wildman–Crippen MR) is 154 cm³/mol. The number of phenols is 1. The number of hydrogen-bond acceptors (Lipinski definition) is 8. The van der Waals surface area contributed by atoms with Gasteiger partial charge in [0.1, 0.15) is 34.8 Å². The number of aromatic amines is 1. The third-order valence-electron chi connectivity index (χ3n) is 7.07. The zero-order valence-corrected chi connectivity index (χ0v) is 23.3. The average Bonchev–Trinajstić information content (AvgIpc) is 3.22.